The molecule has 0 spiro atoms. The number of allylic oxidation sites excluding steroid dienone is 2. The van der Waals surface area contributed by atoms with E-state index in [1.54, 1.807) is 14.2 Å². The number of rotatable bonds is 14. The Morgan fingerprint density at radius 3 is 1.20 bits per heavy atom. The van der Waals surface area contributed by atoms with E-state index >= 15 is 0 Å². The maximum absolute atomic E-state index is 13.3. The van der Waals surface area contributed by atoms with Gasteiger partial charge in [0.1, 0.15) is 23.1 Å². The molecular formula is C40H44N2O4. The summed E-state index contributed by atoms with van der Waals surface area (Å²) >= 11 is 0. The number of methoxy groups -OCH3 is 2. The second-order valence-corrected chi connectivity index (χ2v) is 11.8. The first-order valence-corrected chi connectivity index (χ1v) is 15.4. The third kappa shape index (κ3) is 8.98. The normalized spacial score (nSPS) is 11.7. The molecule has 4 aromatic carbocycles. The van der Waals surface area contributed by atoms with Gasteiger partial charge < -0.3 is 19.3 Å². The average molecular weight is 617 g/mol. The van der Waals surface area contributed by atoms with Gasteiger partial charge in [-0.3, -0.25) is 9.59 Å². The zero-order chi connectivity index (χ0) is 33.2. The highest BCUT2D eigenvalue weighted by Crippen LogP contribution is 2.33. The number of carbonyl (C=O) groups excluding carboxylic acids is 2. The number of hydrogen-bond acceptors (Lipinski definition) is 6. The molecule has 4 rings (SSSR count). The standard InChI is InChI=1S/C40H44N2O4/c1-28(43)24-36(44)25-29(26-39(32-12-20-37(45-6)21-13-32)30-8-16-34(17-9-30)41(2)3)27-40(33-14-22-38(46-7)23-15-33)31-10-18-35(19-11-31)42(4)5/h8-23,26-27,29H,24-25H2,1-7H3/b39-26+,40-27+. The van der Waals surface area contributed by atoms with Gasteiger partial charge in [-0.05, 0) is 88.9 Å². The quantitative estimate of drug-likeness (QED) is 0.134. The number of nitrogens with zero attached hydrogens (tertiary/aromatic N) is 2. The molecule has 0 aliphatic heterocycles. The molecule has 0 aliphatic rings. The van der Waals surface area contributed by atoms with Crippen LogP contribution in [0, 0.1) is 5.92 Å². The van der Waals surface area contributed by atoms with Gasteiger partial charge in [0.25, 0.3) is 0 Å². The van der Waals surface area contributed by atoms with Crippen LogP contribution in [-0.2, 0) is 9.59 Å². The van der Waals surface area contributed by atoms with Crippen LogP contribution < -0.4 is 19.3 Å². The molecule has 6 nitrogen and oxygen atoms in total. The fourth-order valence-corrected chi connectivity index (χ4v) is 5.34. The summed E-state index contributed by atoms with van der Waals surface area (Å²) in [5.74, 6) is 0.979. The van der Waals surface area contributed by atoms with E-state index in [0.717, 1.165) is 56.3 Å². The van der Waals surface area contributed by atoms with Crippen LogP contribution in [0.4, 0.5) is 11.4 Å². The Bertz CT molecular complexity index is 1550. The molecular weight excluding hydrogens is 572 g/mol. The average Bonchev–Trinajstić information content (AvgIpc) is 3.05. The van der Waals surface area contributed by atoms with Crippen molar-refractivity contribution in [2.75, 3.05) is 52.2 Å². The largest absolute Gasteiger partial charge is 0.497 e. The van der Waals surface area contributed by atoms with Crippen molar-refractivity contribution >= 4 is 34.1 Å². The van der Waals surface area contributed by atoms with Gasteiger partial charge in [0.2, 0.25) is 0 Å². The summed E-state index contributed by atoms with van der Waals surface area (Å²) < 4.78 is 10.9. The lowest BCUT2D eigenvalue weighted by molar-refractivity contribution is -0.126. The van der Waals surface area contributed by atoms with Crippen molar-refractivity contribution in [2.45, 2.75) is 19.8 Å². The molecule has 0 bridgehead atoms. The van der Waals surface area contributed by atoms with Crippen LogP contribution in [0.25, 0.3) is 11.1 Å². The van der Waals surface area contributed by atoms with Crippen molar-refractivity contribution in [1.82, 2.24) is 0 Å². The first-order valence-electron chi connectivity index (χ1n) is 15.4. The third-order valence-corrected chi connectivity index (χ3v) is 7.86. The fraction of sp³-hybridized carbons (Fsp3) is 0.250. The number of carbonyl (C=O) groups is 2. The molecule has 0 unspecified atom stereocenters. The molecule has 0 saturated carbocycles. The van der Waals surface area contributed by atoms with Gasteiger partial charge in [0.05, 0.1) is 20.6 Å². The summed E-state index contributed by atoms with van der Waals surface area (Å²) in [5.41, 5.74) is 8.20. The summed E-state index contributed by atoms with van der Waals surface area (Å²) in [6.45, 7) is 1.46. The maximum atomic E-state index is 13.3. The lowest BCUT2D eigenvalue weighted by atomic mass is 9.87. The van der Waals surface area contributed by atoms with Crippen molar-refractivity contribution in [3.63, 3.8) is 0 Å². The van der Waals surface area contributed by atoms with Crippen LogP contribution in [0.5, 0.6) is 11.5 Å². The molecule has 0 saturated heterocycles. The Hall–Kier alpha value is -5.10. The predicted octanol–water partition coefficient (Wildman–Crippen LogP) is 7.95. The molecule has 6 heteroatoms. The lowest BCUT2D eigenvalue weighted by Gasteiger charge is -2.19. The van der Waals surface area contributed by atoms with E-state index in [0.29, 0.717) is 0 Å². The molecule has 238 valence electrons. The van der Waals surface area contributed by atoms with Crippen LogP contribution in [0.3, 0.4) is 0 Å². The van der Waals surface area contributed by atoms with Crippen molar-refractivity contribution in [1.29, 1.82) is 0 Å². The van der Waals surface area contributed by atoms with E-state index in [1.807, 2.05) is 76.7 Å². The Labute approximate surface area is 273 Å². The second-order valence-electron chi connectivity index (χ2n) is 11.8. The molecule has 0 atom stereocenters. The minimum atomic E-state index is -0.317. The van der Waals surface area contributed by atoms with Gasteiger partial charge in [-0.25, -0.2) is 0 Å². The molecule has 0 heterocycles. The van der Waals surface area contributed by atoms with Crippen LogP contribution >= 0.6 is 0 Å². The summed E-state index contributed by atoms with van der Waals surface area (Å²) in [5, 5.41) is 0. The van der Waals surface area contributed by atoms with E-state index in [9.17, 15) is 9.59 Å². The Balaban J connectivity index is 1.93. The number of Topliss-reactive ketones (excluding diaryl/α,β-unsaturated/α-hetero) is 2. The van der Waals surface area contributed by atoms with E-state index in [4.69, 9.17) is 9.47 Å². The Kier molecular flexibility index (Phi) is 11.6. The minimum absolute atomic E-state index is 0.0943. The monoisotopic (exact) mass is 616 g/mol. The first kappa shape index (κ1) is 33.8. The first-order chi connectivity index (χ1) is 22.1. The molecule has 0 aliphatic carbocycles. The molecule has 0 radical (unpaired) electrons. The van der Waals surface area contributed by atoms with Gasteiger partial charge in [0, 0.05) is 51.9 Å². The Morgan fingerprint density at radius 1 is 0.587 bits per heavy atom. The van der Waals surface area contributed by atoms with Crippen molar-refractivity contribution < 1.29 is 19.1 Å². The fourth-order valence-electron chi connectivity index (χ4n) is 5.34. The maximum Gasteiger partial charge on any atom is 0.141 e. The molecule has 0 amide bonds. The van der Waals surface area contributed by atoms with E-state index in [-0.39, 0.29) is 30.3 Å². The topological polar surface area (TPSA) is 59.1 Å². The number of anilines is 2. The van der Waals surface area contributed by atoms with Crippen LogP contribution in [0.2, 0.25) is 0 Å². The summed E-state index contributed by atoms with van der Waals surface area (Å²) in [6, 6.07) is 32.7. The van der Waals surface area contributed by atoms with Crippen molar-refractivity contribution in [2.24, 2.45) is 5.92 Å². The third-order valence-electron chi connectivity index (χ3n) is 7.86. The number of hydrogen-bond donors (Lipinski definition) is 0. The van der Waals surface area contributed by atoms with Crippen molar-refractivity contribution in [3.05, 3.63) is 131 Å². The molecule has 0 aromatic heterocycles. The molecule has 4 aromatic rings. The predicted molar refractivity (Wildman–Crippen MR) is 190 cm³/mol. The van der Waals surface area contributed by atoms with Crippen LogP contribution in [0.15, 0.2) is 109 Å². The molecule has 46 heavy (non-hydrogen) atoms. The zero-order valence-corrected chi connectivity index (χ0v) is 27.9. The summed E-state index contributed by atoms with van der Waals surface area (Å²) in [7, 11) is 11.4. The van der Waals surface area contributed by atoms with Gasteiger partial charge in [0.15, 0.2) is 0 Å². The smallest absolute Gasteiger partial charge is 0.141 e. The van der Waals surface area contributed by atoms with Gasteiger partial charge in [-0.15, -0.1) is 0 Å². The lowest BCUT2D eigenvalue weighted by Crippen LogP contribution is -2.10. The molecule has 0 fully saturated rings. The van der Waals surface area contributed by atoms with E-state index in [2.05, 4.69) is 70.5 Å². The van der Waals surface area contributed by atoms with Gasteiger partial charge in [-0.1, -0.05) is 60.7 Å². The van der Waals surface area contributed by atoms with Gasteiger partial charge >= 0.3 is 0 Å². The van der Waals surface area contributed by atoms with Crippen molar-refractivity contribution in [3.8, 4) is 11.5 Å². The minimum Gasteiger partial charge on any atom is -0.497 e. The van der Waals surface area contributed by atoms with E-state index < -0.39 is 0 Å². The summed E-state index contributed by atoms with van der Waals surface area (Å²) in [6.07, 6.45) is 4.40. The highest BCUT2D eigenvalue weighted by Gasteiger charge is 2.18. The molecule has 0 N–H and O–H groups in total. The summed E-state index contributed by atoms with van der Waals surface area (Å²) in [4.78, 5) is 29.4. The number of ether oxygens (including phenoxy) is 2. The second kappa shape index (κ2) is 15.8. The highest BCUT2D eigenvalue weighted by atomic mass is 16.5. The Morgan fingerprint density at radius 2 is 0.913 bits per heavy atom. The van der Waals surface area contributed by atoms with Gasteiger partial charge in [-0.2, -0.15) is 0 Å². The van der Waals surface area contributed by atoms with Crippen LogP contribution in [0.1, 0.15) is 42.0 Å². The highest BCUT2D eigenvalue weighted by molar-refractivity contribution is 5.98. The van der Waals surface area contributed by atoms with E-state index in [1.165, 1.54) is 6.92 Å². The SMILES string of the molecule is COc1ccc(/C(=C/C(/C=C(/c2ccc(OC)cc2)c2ccc(N(C)C)cc2)CC(=O)CC(C)=O)c2ccc(N(C)C)cc2)cc1. The zero-order valence-electron chi connectivity index (χ0n) is 27.9. The van der Waals surface area contributed by atoms with Crippen LogP contribution in [-0.4, -0.2) is 54.0 Å². The number of ketones is 2. The number of benzene rings is 4.